The Bertz CT molecular complexity index is 564. The summed E-state index contributed by atoms with van der Waals surface area (Å²) in [5.74, 6) is 0.467. The molecule has 19 heavy (non-hydrogen) atoms. The number of aryl methyl sites for hydroxylation is 2. The summed E-state index contributed by atoms with van der Waals surface area (Å²) in [5, 5.41) is 8.20. The van der Waals surface area contributed by atoms with Crippen LogP contribution in [0, 0.1) is 0 Å². The molecule has 0 aromatic carbocycles. The van der Waals surface area contributed by atoms with Crippen molar-refractivity contribution in [3.8, 4) is 5.75 Å². The lowest BCUT2D eigenvalue weighted by molar-refractivity contribution is 0.292. The summed E-state index contributed by atoms with van der Waals surface area (Å²) in [4.78, 5) is 11.8. The van der Waals surface area contributed by atoms with Gasteiger partial charge >= 0.3 is 0 Å². The van der Waals surface area contributed by atoms with Gasteiger partial charge in [0.2, 0.25) is 0 Å². The van der Waals surface area contributed by atoms with Gasteiger partial charge in [-0.05, 0) is 35.7 Å². The molecule has 0 aliphatic carbocycles. The number of nitrogens with zero attached hydrogens (tertiary/aromatic N) is 2. The molecule has 2 heterocycles. The predicted octanol–water partition coefficient (Wildman–Crippen LogP) is 1.27. The second-order valence-corrected chi connectivity index (χ2v) is 5.20. The van der Waals surface area contributed by atoms with Crippen molar-refractivity contribution in [2.24, 2.45) is 5.73 Å². The molecule has 0 aliphatic rings. The summed E-state index contributed by atoms with van der Waals surface area (Å²) in [7, 11) is 0. The third-order valence-electron chi connectivity index (χ3n) is 2.55. The maximum atomic E-state index is 11.8. The molecule has 2 rings (SSSR count). The second kappa shape index (κ2) is 6.49. The molecular formula is C13H17N3O2S. The average molecular weight is 279 g/mol. The molecule has 0 bridgehead atoms. The molecule has 1 unspecified atom stereocenters. The topological polar surface area (TPSA) is 70.1 Å². The normalized spacial score (nSPS) is 12.3. The Labute approximate surface area is 115 Å². The quantitative estimate of drug-likeness (QED) is 0.864. The van der Waals surface area contributed by atoms with E-state index >= 15 is 0 Å². The number of hydrogen-bond acceptors (Lipinski definition) is 5. The molecule has 0 aliphatic heterocycles. The number of hydrogen-bond donors (Lipinski definition) is 1. The first-order valence-corrected chi connectivity index (χ1v) is 7.06. The summed E-state index contributed by atoms with van der Waals surface area (Å²) in [6.07, 6.45) is 2.36. The fraction of sp³-hybridized carbons (Fsp3) is 0.385. The lowest BCUT2D eigenvalue weighted by Gasteiger charge is -2.09. The molecule has 0 spiro atoms. The molecule has 0 amide bonds. The number of ether oxygens (including phenoxy) is 1. The van der Waals surface area contributed by atoms with Crippen LogP contribution in [0.5, 0.6) is 5.75 Å². The Hall–Kier alpha value is -1.66. The van der Waals surface area contributed by atoms with Gasteiger partial charge in [-0.1, -0.05) is 0 Å². The van der Waals surface area contributed by atoms with Gasteiger partial charge in [-0.15, -0.1) is 0 Å². The van der Waals surface area contributed by atoms with Crippen LogP contribution in [0.15, 0.2) is 33.9 Å². The molecule has 1 atom stereocenters. The Morgan fingerprint density at radius 1 is 1.58 bits per heavy atom. The number of thiophene rings is 1. The number of rotatable bonds is 6. The number of aromatic nitrogens is 2. The first-order chi connectivity index (χ1) is 9.15. The van der Waals surface area contributed by atoms with E-state index in [4.69, 9.17) is 10.5 Å². The van der Waals surface area contributed by atoms with Crippen molar-refractivity contribution >= 4 is 11.3 Å². The molecule has 0 saturated carbocycles. The van der Waals surface area contributed by atoms with E-state index in [9.17, 15) is 4.79 Å². The van der Waals surface area contributed by atoms with E-state index < -0.39 is 0 Å². The highest BCUT2D eigenvalue weighted by atomic mass is 32.1. The van der Waals surface area contributed by atoms with Crippen LogP contribution >= 0.6 is 11.3 Å². The lowest BCUT2D eigenvalue weighted by Crippen LogP contribution is -2.26. The van der Waals surface area contributed by atoms with E-state index in [1.165, 1.54) is 16.3 Å². The van der Waals surface area contributed by atoms with E-state index in [2.05, 4.69) is 16.5 Å². The van der Waals surface area contributed by atoms with E-state index in [1.807, 2.05) is 12.3 Å². The van der Waals surface area contributed by atoms with Gasteiger partial charge in [0.05, 0.1) is 6.20 Å². The van der Waals surface area contributed by atoms with Crippen LogP contribution < -0.4 is 16.0 Å². The standard InChI is InChI=1S/C13H17N3O2S/c1-10(14)8-18-12-6-13(17)16(15-7-12)4-2-11-3-5-19-9-11/h3,5-7,9-10H,2,4,8,14H2,1H3. The van der Waals surface area contributed by atoms with Crippen LogP contribution in [0.2, 0.25) is 0 Å². The molecule has 2 aromatic heterocycles. The zero-order valence-corrected chi connectivity index (χ0v) is 11.6. The molecule has 2 N–H and O–H groups in total. The van der Waals surface area contributed by atoms with Gasteiger partial charge in [-0.3, -0.25) is 4.79 Å². The Morgan fingerprint density at radius 2 is 2.42 bits per heavy atom. The van der Waals surface area contributed by atoms with Gasteiger partial charge in [0.1, 0.15) is 12.4 Å². The summed E-state index contributed by atoms with van der Waals surface area (Å²) < 4.78 is 6.80. The summed E-state index contributed by atoms with van der Waals surface area (Å²) >= 11 is 1.65. The van der Waals surface area contributed by atoms with E-state index in [0.717, 1.165) is 6.42 Å². The highest BCUT2D eigenvalue weighted by molar-refractivity contribution is 7.07. The predicted molar refractivity (Wildman–Crippen MR) is 75.7 cm³/mol. The molecule has 0 saturated heterocycles. The van der Waals surface area contributed by atoms with E-state index in [1.54, 1.807) is 17.5 Å². The minimum atomic E-state index is -0.155. The fourth-order valence-electron chi connectivity index (χ4n) is 1.56. The summed E-state index contributed by atoms with van der Waals surface area (Å²) in [6, 6.07) is 3.43. The van der Waals surface area contributed by atoms with Crippen molar-refractivity contribution in [2.45, 2.75) is 25.9 Å². The summed E-state index contributed by atoms with van der Waals surface area (Å²) in [6.45, 7) is 2.79. The van der Waals surface area contributed by atoms with E-state index in [0.29, 0.717) is 18.9 Å². The third kappa shape index (κ3) is 4.18. The van der Waals surface area contributed by atoms with Crippen LogP contribution in [-0.4, -0.2) is 22.4 Å². The van der Waals surface area contributed by atoms with Crippen LogP contribution in [-0.2, 0) is 13.0 Å². The maximum absolute atomic E-state index is 11.8. The Morgan fingerprint density at radius 3 is 3.05 bits per heavy atom. The maximum Gasteiger partial charge on any atom is 0.270 e. The zero-order chi connectivity index (χ0) is 13.7. The van der Waals surface area contributed by atoms with Crippen molar-refractivity contribution in [3.63, 3.8) is 0 Å². The lowest BCUT2D eigenvalue weighted by atomic mass is 10.2. The van der Waals surface area contributed by atoms with Gasteiger partial charge in [0.25, 0.3) is 5.56 Å². The molecule has 0 radical (unpaired) electrons. The van der Waals surface area contributed by atoms with Crippen molar-refractivity contribution in [3.05, 3.63) is 45.0 Å². The average Bonchev–Trinajstić information content (AvgIpc) is 2.88. The van der Waals surface area contributed by atoms with Gasteiger partial charge in [0, 0.05) is 18.7 Å². The van der Waals surface area contributed by atoms with Crippen LogP contribution in [0.25, 0.3) is 0 Å². The van der Waals surface area contributed by atoms with Crippen LogP contribution in [0.3, 0.4) is 0 Å². The molecule has 5 nitrogen and oxygen atoms in total. The largest absolute Gasteiger partial charge is 0.490 e. The molecule has 6 heteroatoms. The molecule has 2 aromatic rings. The fourth-order valence-corrected chi connectivity index (χ4v) is 2.26. The highest BCUT2D eigenvalue weighted by Gasteiger charge is 2.03. The SMILES string of the molecule is CC(N)COc1cnn(CCc2ccsc2)c(=O)c1. The van der Waals surface area contributed by atoms with Crippen LogP contribution in [0.4, 0.5) is 0 Å². The van der Waals surface area contributed by atoms with Gasteiger partial charge in [0.15, 0.2) is 0 Å². The smallest absolute Gasteiger partial charge is 0.270 e. The van der Waals surface area contributed by atoms with Gasteiger partial charge in [-0.2, -0.15) is 16.4 Å². The van der Waals surface area contributed by atoms with Crippen LogP contribution in [0.1, 0.15) is 12.5 Å². The first-order valence-electron chi connectivity index (χ1n) is 6.12. The van der Waals surface area contributed by atoms with Gasteiger partial charge < -0.3 is 10.5 Å². The van der Waals surface area contributed by atoms with Crippen molar-refractivity contribution in [1.29, 1.82) is 0 Å². The minimum absolute atomic E-state index is 0.0685. The second-order valence-electron chi connectivity index (χ2n) is 4.42. The van der Waals surface area contributed by atoms with Crippen molar-refractivity contribution in [1.82, 2.24) is 9.78 Å². The Kier molecular flexibility index (Phi) is 4.70. The first kappa shape index (κ1) is 13.8. The summed E-state index contributed by atoms with van der Waals surface area (Å²) in [5.41, 5.74) is 6.65. The Balaban J connectivity index is 1.97. The van der Waals surface area contributed by atoms with Gasteiger partial charge in [-0.25, -0.2) is 4.68 Å². The number of nitrogens with two attached hydrogens (primary N) is 1. The highest BCUT2D eigenvalue weighted by Crippen LogP contribution is 2.08. The molecular weight excluding hydrogens is 262 g/mol. The minimum Gasteiger partial charge on any atom is -0.490 e. The van der Waals surface area contributed by atoms with Crippen molar-refractivity contribution in [2.75, 3.05) is 6.61 Å². The van der Waals surface area contributed by atoms with E-state index in [-0.39, 0.29) is 11.6 Å². The third-order valence-corrected chi connectivity index (χ3v) is 3.28. The zero-order valence-electron chi connectivity index (χ0n) is 10.8. The molecule has 102 valence electrons. The molecule has 0 fully saturated rings. The van der Waals surface area contributed by atoms with Crippen molar-refractivity contribution < 1.29 is 4.74 Å². The monoisotopic (exact) mass is 279 g/mol.